The van der Waals surface area contributed by atoms with E-state index >= 15 is 0 Å². The maximum Gasteiger partial charge on any atom is 0.326 e. The molecule has 114 valence electrons. The van der Waals surface area contributed by atoms with E-state index in [9.17, 15) is 14.7 Å². The summed E-state index contributed by atoms with van der Waals surface area (Å²) in [6, 6.07) is 0.716. The molecule has 0 aliphatic heterocycles. The van der Waals surface area contributed by atoms with Crippen molar-refractivity contribution in [3.8, 4) is 0 Å². The Morgan fingerprint density at radius 2 is 2.24 bits per heavy atom. The molecule has 2 N–H and O–H groups in total. The van der Waals surface area contributed by atoms with Gasteiger partial charge in [0.05, 0.1) is 0 Å². The molecular weight excluding hydrogens is 292 g/mol. The highest BCUT2D eigenvalue weighted by atomic mass is 32.1. The quantitative estimate of drug-likeness (QED) is 0.841. The highest BCUT2D eigenvalue weighted by Gasteiger charge is 2.23. The van der Waals surface area contributed by atoms with E-state index in [-0.39, 0.29) is 11.5 Å². The summed E-state index contributed by atoms with van der Waals surface area (Å²) in [6.07, 6.45) is 1.64. The van der Waals surface area contributed by atoms with E-state index < -0.39 is 12.0 Å². The summed E-state index contributed by atoms with van der Waals surface area (Å²) in [4.78, 5) is 28.0. The molecule has 0 aliphatic rings. The number of aryl methyl sites for hydroxylation is 1. The van der Waals surface area contributed by atoms with Crippen molar-refractivity contribution >= 4 is 27.4 Å². The summed E-state index contributed by atoms with van der Waals surface area (Å²) in [5.74, 6) is -1.05. The van der Waals surface area contributed by atoms with Gasteiger partial charge in [0.1, 0.15) is 6.04 Å². The fourth-order valence-corrected chi connectivity index (χ4v) is 2.81. The van der Waals surface area contributed by atoms with Crippen LogP contribution in [0.1, 0.15) is 32.9 Å². The molecule has 0 fully saturated rings. The van der Waals surface area contributed by atoms with Gasteiger partial charge in [0.2, 0.25) is 10.1 Å². The minimum absolute atomic E-state index is 0.102. The van der Waals surface area contributed by atoms with E-state index in [2.05, 4.69) is 15.4 Å². The predicted octanol–water partition coefficient (Wildman–Crippen LogP) is 1.62. The van der Waals surface area contributed by atoms with Gasteiger partial charge < -0.3 is 10.4 Å². The molecule has 2 rings (SSSR count). The summed E-state index contributed by atoms with van der Waals surface area (Å²) >= 11 is 1.18. The van der Waals surface area contributed by atoms with Crippen molar-refractivity contribution in [1.82, 2.24) is 14.6 Å². The van der Waals surface area contributed by atoms with Gasteiger partial charge >= 0.3 is 5.97 Å². The zero-order valence-electron chi connectivity index (χ0n) is 12.2. The van der Waals surface area contributed by atoms with Gasteiger partial charge in [0.25, 0.3) is 5.56 Å². The molecule has 0 unspecified atom stereocenters. The van der Waals surface area contributed by atoms with Gasteiger partial charge in [-0.05, 0) is 12.3 Å². The fourth-order valence-electron chi connectivity index (χ4n) is 1.95. The topological polar surface area (TPSA) is 96.6 Å². The SMILES string of the molecule is CCCc1cc(=O)n2nc(N[C@@H](C(=O)O)C(C)C)sc2n1. The van der Waals surface area contributed by atoms with Crippen LogP contribution in [0.15, 0.2) is 10.9 Å². The third-order valence-electron chi connectivity index (χ3n) is 3.02. The van der Waals surface area contributed by atoms with Gasteiger partial charge in [-0.15, -0.1) is 5.10 Å². The maximum absolute atomic E-state index is 12.0. The molecule has 0 radical (unpaired) electrons. The number of carbonyl (C=O) groups is 1. The Labute approximate surface area is 125 Å². The van der Waals surface area contributed by atoms with E-state index in [1.54, 1.807) is 0 Å². The zero-order valence-corrected chi connectivity index (χ0v) is 13.0. The van der Waals surface area contributed by atoms with Crippen LogP contribution in [0, 0.1) is 5.92 Å². The first-order chi connectivity index (χ1) is 9.92. The maximum atomic E-state index is 12.0. The number of aliphatic carboxylic acids is 1. The highest BCUT2D eigenvalue weighted by molar-refractivity contribution is 7.20. The summed E-state index contributed by atoms with van der Waals surface area (Å²) in [6.45, 7) is 5.63. The highest BCUT2D eigenvalue weighted by Crippen LogP contribution is 2.19. The molecule has 2 aromatic heterocycles. The molecule has 0 amide bonds. The Morgan fingerprint density at radius 3 is 2.81 bits per heavy atom. The van der Waals surface area contributed by atoms with Crippen molar-refractivity contribution in [2.45, 2.75) is 39.7 Å². The van der Waals surface area contributed by atoms with E-state index in [0.29, 0.717) is 10.1 Å². The molecule has 0 aliphatic carbocycles. The predicted molar refractivity (Wildman–Crippen MR) is 81.0 cm³/mol. The van der Waals surface area contributed by atoms with Crippen molar-refractivity contribution in [2.75, 3.05) is 5.32 Å². The van der Waals surface area contributed by atoms with Gasteiger partial charge in [-0.25, -0.2) is 9.78 Å². The van der Waals surface area contributed by atoms with Gasteiger partial charge in [-0.3, -0.25) is 4.79 Å². The molecule has 0 saturated carbocycles. The van der Waals surface area contributed by atoms with Crippen LogP contribution in [0.3, 0.4) is 0 Å². The number of hydrogen-bond acceptors (Lipinski definition) is 6. The Kier molecular flexibility index (Phi) is 4.56. The van der Waals surface area contributed by atoms with E-state index in [0.717, 1.165) is 18.5 Å². The molecular formula is C13H18N4O3S. The number of nitrogens with zero attached hydrogens (tertiary/aromatic N) is 3. The standard InChI is InChI=1S/C13H18N4O3S/c1-4-5-8-6-9(18)17-13(14-8)21-12(16-17)15-10(7(2)3)11(19)20/h6-7,10H,4-5H2,1-3H3,(H,15,16)(H,19,20)/t10-/m1/s1. The Balaban J connectivity index is 2.36. The van der Waals surface area contributed by atoms with Crippen LogP contribution in [-0.2, 0) is 11.2 Å². The van der Waals surface area contributed by atoms with E-state index in [1.165, 1.54) is 21.9 Å². The number of carboxylic acids is 1. The van der Waals surface area contributed by atoms with Crippen molar-refractivity contribution in [3.63, 3.8) is 0 Å². The number of anilines is 1. The van der Waals surface area contributed by atoms with Gasteiger partial charge in [0.15, 0.2) is 0 Å². The van der Waals surface area contributed by atoms with Crippen LogP contribution in [-0.4, -0.2) is 31.7 Å². The molecule has 2 heterocycles. The smallest absolute Gasteiger partial charge is 0.326 e. The van der Waals surface area contributed by atoms with Gasteiger partial charge in [-0.1, -0.05) is 38.5 Å². The Hall–Kier alpha value is -1.96. The van der Waals surface area contributed by atoms with Crippen molar-refractivity contribution in [1.29, 1.82) is 0 Å². The number of fused-ring (bicyclic) bond motifs is 1. The summed E-state index contributed by atoms with van der Waals surface area (Å²) < 4.78 is 1.20. The normalized spacial score (nSPS) is 12.8. The number of hydrogen-bond donors (Lipinski definition) is 2. The lowest BCUT2D eigenvalue weighted by Gasteiger charge is -2.16. The minimum Gasteiger partial charge on any atom is -0.480 e. The first-order valence-electron chi connectivity index (χ1n) is 6.81. The lowest BCUT2D eigenvalue weighted by Crippen LogP contribution is -2.34. The molecule has 0 saturated heterocycles. The van der Waals surface area contributed by atoms with Crippen LogP contribution >= 0.6 is 11.3 Å². The van der Waals surface area contributed by atoms with Crippen molar-refractivity contribution < 1.29 is 9.90 Å². The second kappa shape index (κ2) is 6.21. The second-order valence-electron chi connectivity index (χ2n) is 5.14. The van der Waals surface area contributed by atoms with Crippen LogP contribution in [0.25, 0.3) is 4.96 Å². The molecule has 0 bridgehead atoms. The third-order valence-corrected chi connectivity index (χ3v) is 3.86. The molecule has 7 nitrogen and oxygen atoms in total. The number of aromatic nitrogens is 3. The molecule has 21 heavy (non-hydrogen) atoms. The third kappa shape index (κ3) is 3.38. The average Bonchev–Trinajstić information content (AvgIpc) is 2.79. The molecule has 0 spiro atoms. The summed E-state index contributed by atoms with van der Waals surface area (Å²) in [5.41, 5.74) is 0.487. The Morgan fingerprint density at radius 1 is 1.52 bits per heavy atom. The molecule has 2 aromatic rings. The minimum atomic E-state index is -0.948. The monoisotopic (exact) mass is 310 g/mol. The van der Waals surface area contributed by atoms with Crippen LogP contribution in [0.5, 0.6) is 0 Å². The summed E-state index contributed by atoms with van der Waals surface area (Å²) in [5, 5.41) is 16.5. The van der Waals surface area contributed by atoms with Gasteiger partial charge in [-0.2, -0.15) is 4.52 Å². The molecule has 0 aromatic carbocycles. The number of carboxylic acid groups (broad SMARTS) is 1. The van der Waals surface area contributed by atoms with Crippen LogP contribution in [0.4, 0.5) is 5.13 Å². The molecule has 1 atom stereocenters. The van der Waals surface area contributed by atoms with E-state index in [4.69, 9.17) is 0 Å². The Bertz CT molecular complexity index is 707. The summed E-state index contributed by atoms with van der Waals surface area (Å²) in [7, 11) is 0. The van der Waals surface area contributed by atoms with Crippen LogP contribution in [0.2, 0.25) is 0 Å². The first-order valence-corrected chi connectivity index (χ1v) is 7.63. The van der Waals surface area contributed by atoms with Crippen molar-refractivity contribution in [2.24, 2.45) is 5.92 Å². The molecule has 8 heteroatoms. The van der Waals surface area contributed by atoms with E-state index in [1.807, 2.05) is 20.8 Å². The van der Waals surface area contributed by atoms with Crippen LogP contribution < -0.4 is 10.9 Å². The zero-order chi connectivity index (χ0) is 15.6. The first kappa shape index (κ1) is 15.4. The van der Waals surface area contributed by atoms with Crippen molar-refractivity contribution in [3.05, 3.63) is 22.1 Å². The lowest BCUT2D eigenvalue weighted by molar-refractivity contribution is -0.138. The second-order valence-corrected chi connectivity index (χ2v) is 6.10. The fraction of sp³-hybridized carbons (Fsp3) is 0.538. The number of nitrogens with one attached hydrogen (secondary N) is 1. The van der Waals surface area contributed by atoms with Gasteiger partial charge in [0, 0.05) is 11.8 Å². The lowest BCUT2D eigenvalue weighted by atomic mass is 10.1. The average molecular weight is 310 g/mol. The largest absolute Gasteiger partial charge is 0.480 e. The number of rotatable bonds is 6.